The second-order valence-corrected chi connectivity index (χ2v) is 5.44. The van der Waals surface area contributed by atoms with Gasteiger partial charge in [-0.15, -0.1) is 0 Å². The maximum Gasteiger partial charge on any atom is 0.0992 e. The van der Waals surface area contributed by atoms with Gasteiger partial charge in [0.2, 0.25) is 0 Å². The second-order valence-electron chi connectivity index (χ2n) is 5.04. The monoisotopic (exact) mass is 278 g/mol. The van der Waals surface area contributed by atoms with E-state index in [1.165, 1.54) is 0 Å². The van der Waals surface area contributed by atoms with Crippen LogP contribution in [0.5, 0.6) is 0 Å². The lowest BCUT2D eigenvalue weighted by Crippen LogP contribution is -2.36. The summed E-state index contributed by atoms with van der Waals surface area (Å²) in [4.78, 5) is 0. The first-order valence-corrected chi connectivity index (χ1v) is 7.08. The Morgan fingerprint density at radius 3 is 2.84 bits per heavy atom. The number of halogens is 1. The highest BCUT2D eigenvalue weighted by Gasteiger charge is 2.20. The standard InChI is InChI=1S/C15H19ClN2O/c1-11(13-4-6-19-7-5-13)18-10-14-3-2-12(9-17)8-15(14)16/h2-3,8,11,13,18H,4-7,10H2,1H3. The van der Waals surface area contributed by atoms with Crippen molar-refractivity contribution in [3.8, 4) is 6.07 Å². The minimum Gasteiger partial charge on any atom is -0.381 e. The van der Waals surface area contributed by atoms with Crippen molar-refractivity contribution in [3.05, 3.63) is 34.3 Å². The molecule has 0 aliphatic carbocycles. The highest BCUT2D eigenvalue weighted by molar-refractivity contribution is 6.31. The predicted molar refractivity (Wildman–Crippen MR) is 76.0 cm³/mol. The fraction of sp³-hybridized carbons (Fsp3) is 0.533. The highest BCUT2D eigenvalue weighted by Crippen LogP contribution is 2.21. The topological polar surface area (TPSA) is 45.0 Å². The Balaban J connectivity index is 1.89. The summed E-state index contributed by atoms with van der Waals surface area (Å²) in [6.07, 6.45) is 2.24. The number of nitriles is 1. The summed E-state index contributed by atoms with van der Waals surface area (Å²) in [6.45, 7) is 4.69. The second kappa shape index (κ2) is 6.91. The van der Waals surface area contributed by atoms with Crippen LogP contribution in [-0.2, 0) is 11.3 Å². The third kappa shape index (κ3) is 3.94. The van der Waals surface area contributed by atoms with Gasteiger partial charge in [-0.1, -0.05) is 17.7 Å². The Morgan fingerprint density at radius 2 is 2.21 bits per heavy atom. The largest absolute Gasteiger partial charge is 0.381 e. The third-order valence-electron chi connectivity index (χ3n) is 3.77. The summed E-state index contributed by atoms with van der Waals surface area (Å²) in [6, 6.07) is 8.00. The molecule has 0 spiro atoms. The Hall–Kier alpha value is -1.08. The SMILES string of the molecule is CC(NCc1ccc(C#N)cc1Cl)C1CCOCC1. The number of benzene rings is 1. The maximum absolute atomic E-state index is 8.81. The van der Waals surface area contributed by atoms with Crippen molar-refractivity contribution in [1.29, 1.82) is 5.26 Å². The molecule has 0 radical (unpaired) electrons. The van der Waals surface area contributed by atoms with Crippen LogP contribution in [0.3, 0.4) is 0 Å². The number of rotatable bonds is 4. The van der Waals surface area contributed by atoms with Crippen molar-refractivity contribution >= 4 is 11.6 Å². The number of hydrogen-bond donors (Lipinski definition) is 1. The maximum atomic E-state index is 8.81. The van der Waals surface area contributed by atoms with Gasteiger partial charge in [0.05, 0.1) is 11.6 Å². The first kappa shape index (κ1) is 14.3. The minimum atomic E-state index is 0.454. The number of nitrogens with zero attached hydrogens (tertiary/aromatic N) is 1. The normalized spacial score (nSPS) is 17.9. The van der Waals surface area contributed by atoms with Gasteiger partial charge in [-0.2, -0.15) is 5.26 Å². The Morgan fingerprint density at radius 1 is 1.47 bits per heavy atom. The predicted octanol–water partition coefficient (Wildman–Crippen LogP) is 3.12. The molecule has 102 valence electrons. The van der Waals surface area contributed by atoms with Crippen molar-refractivity contribution in [2.45, 2.75) is 32.4 Å². The fourth-order valence-electron chi connectivity index (χ4n) is 2.41. The molecular formula is C15H19ClN2O. The van der Waals surface area contributed by atoms with Gasteiger partial charge in [-0.05, 0) is 43.4 Å². The van der Waals surface area contributed by atoms with Gasteiger partial charge in [-0.25, -0.2) is 0 Å². The van der Waals surface area contributed by atoms with Gasteiger partial charge in [0, 0.05) is 30.8 Å². The highest BCUT2D eigenvalue weighted by atomic mass is 35.5. The molecule has 1 aliphatic heterocycles. The average Bonchev–Trinajstić information content (AvgIpc) is 2.46. The summed E-state index contributed by atoms with van der Waals surface area (Å²) >= 11 is 6.17. The quantitative estimate of drug-likeness (QED) is 0.920. The molecule has 1 N–H and O–H groups in total. The van der Waals surface area contributed by atoms with Crippen molar-refractivity contribution < 1.29 is 4.74 Å². The van der Waals surface area contributed by atoms with Crippen molar-refractivity contribution in [1.82, 2.24) is 5.32 Å². The number of nitrogens with one attached hydrogen (secondary N) is 1. The van der Waals surface area contributed by atoms with Crippen LogP contribution < -0.4 is 5.32 Å². The lowest BCUT2D eigenvalue weighted by atomic mass is 9.93. The Bertz CT molecular complexity index is 464. The van der Waals surface area contributed by atoms with E-state index in [2.05, 4.69) is 18.3 Å². The van der Waals surface area contributed by atoms with Gasteiger partial charge in [-0.3, -0.25) is 0 Å². The molecule has 1 unspecified atom stereocenters. The van der Waals surface area contributed by atoms with Crippen molar-refractivity contribution in [2.75, 3.05) is 13.2 Å². The average molecular weight is 279 g/mol. The zero-order valence-electron chi connectivity index (χ0n) is 11.2. The molecular weight excluding hydrogens is 260 g/mol. The summed E-state index contributed by atoms with van der Waals surface area (Å²) in [5.41, 5.74) is 1.64. The summed E-state index contributed by atoms with van der Waals surface area (Å²) in [7, 11) is 0. The minimum absolute atomic E-state index is 0.454. The molecule has 1 saturated heterocycles. The van der Waals surface area contributed by atoms with E-state index in [-0.39, 0.29) is 0 Å². The molecule has 0 bridgehead atoms. The smallest absolute Gasteiger partial charge is 0.0992 e. The first-order chi connectivity index (χ1) is 9.20. The zero-order chi connectivity index (χ0) is 13.7. The van der Waals surface area contributed by atoms with Gasteiger partial charge in [0.1, 0.15) is 0 Å². The molecule has 2 rings (SSSR count). The van der Waals surface area contributed by atoms with E-state index in [0.29, 0.717) is 22.5 Å². The number of ether oxygens (including phenoxy) is 1. The molecule has 1 aliphatic rings. The molecule has 1 fully saturated rings. The molecule has 19 heavy (non-hydrogen) atoms. The van der Waals surface area contributed by atoms with E-state index in [4.69, 9.17) is 21.6 Å². The van der Waals surface area contributed by atoms with Crippen LogP contribution in [-0.4, -0.2) is 19.3 Å². The van der Waals surface area contributed by atoms with Crippen molar-refractivity contribution in [2.24, 2.45) is 5.92 Å². The molecule has 1 aromatic rings. The lowest BCUT2D eigenvalue weighted by molar-refractivity contribution is 0.0558. The van der Waals surface area contributed by atoms with Crippen LogP contribution in [0.2, 0.25) is 5.02 Å². The van der Waals surface area contributed by atoms with E-state index in [0.717, 1.165) is 38.2 Å². The molecule has 1 heterocycles. The third-order valence-corrected chi connectivity index (χ3v) is 4.12. The van der Waals surface area contributed by atoms with Crippen LogP contribution in [0.1, 0.15) is 30.9 Å². The van der Waals surface area contributed by atoms with Crippen LogP contribution >= 0.6 is 11.6 Å². The number of hydrogen-bond acceptors (Lipinski definition) is 3. The molecule has 1 atom stereocenters. The van der Waals surface area contributed by atoms with Crippen molar-refractivity contribution in [3.63, 3.8) is 0 Å². The van der Waals surface area contributed by atoms with Gasteiger partial charge in [0.25, 0.3) is 0 Å². The molecule has 0 saturated carbocycles. The van der Waals surface area contributed by atoms with Crippen LogP contribution in [0.15, 0.2) is 18.2 Å². The van der Waals surface area contributed by atoms with Crippen LogP contribution in [0, 0.1) is 17.2 Å². The molecule has 4 heteroatoms. The molecule has 0 amide bonds. The molecule has 0 aromatic heterocycles. The first-order valence-electron chi connectivity index (χ1n) is 6.70. The van der Waals surface area contributed by atoms with E-state index >= 15 is 0 Å². The Kier molecular flexibility index (Phi) is 5.21. The lowest BCUT2D eigenvalue weighted by Gasteiger charge is -2.28. The summed E-state index contributed by atoms with van der Waals surface area (Å²) < 4.78 is 5.38. The summed E-state index contributed by atoms with van der Waals surface area (Å²) in [5.74, 6) is 0.672. The Labute approximate surface area is 119 Å². The van der Waals surface area contributed by atoms with Crippen LogP contribution in [0.4, 0.5) is 0 Å². The molecule has 3 nitrogen and oxygen atoms in total. The van der Waals surface area contributed by atoms with Gasteiger partial charge < -0.3 is 10.1 Å². The van der Waals surface area contributed by atoms with E-state index < -0.39 is 0 Å². The summed E-state index contributed by atoms with van der Waals surface area (Å²) in [5, 5.41) is 13.0. The van der Waals surface area contributed by atoms with Crippen LogP contribution in [0.25, 0.3) is 0 Å². The fourth-order valence-corrected chi connectivity index (χ4v) is 2.66. The van der Waals surface area contributed by atoms with E-state index in [9.17, 15) is 0 Å². The van der Waals surface area contributed by atoms with E-state index in [1.807, 2.05) is 12.1 Å². The zero-order valence-corrected chi connectivity index (χ0v) is 11.9. The van der Waals surface area contributed by atoms with Gasteiger partial charge >= 0.3 is 0 Å². The van der Waals surface area contributed by atoms with E-state index in [1.54, 1.807) is 6.07 Å². The van der Waals surface area contributed by atoms with Gasteiger partial charge in [0.15, 0.2) is 0 Å². The molecule has 1 aromatic carbocycles.